The van der Waals surface area contributed by atoms with Crippen LogP contribution < -0.4 is 37.2 Å². The van der Waals surface area contributed by atoms with Crippen molar-refractivity contribution in [3.05, 3.63) is 0 Å². The van der Waals surface area contributed by atoms with Crippen molar-refractivity contribution < 1.29 is 56.8 Å². The molecule has 0 aliphatic carbocycles. The van der Waals surface area contributed by atoms with Crippen LogP contribution in [0, 0.1) is 3.76 Å². The zero-order valence-electron chi connectivity index (χ0n) is 5.58. The van der Waals surface area contributed by atoms with Gasteiger partial charge in [-0.15, -0.1) is 0 Å². The average Bonchev–Trinajstić information content (AvgIpc) is 1.35. The molecule has 0 saturated heterocycles. The van der Waals surface area contributed by atoms with Crippen LogP contribution in [0.5, 0.6) is 0 Å². The minimum Gasteiger partial charge on any atom is -1.00 e. The van der Waals surface area contributed by atoms with Crippen LogP contribution in [0.25, 0.3) is 0 Å². The summed E-state index contributed by atoms with van der Waals surface area (Å²) in [6, 6.07) is 0. The van der Waals surface area contributed by atoms with E-state index in [1.807, 2.05) is 0 Å². The molecule has 0 bridgehead atoms. The van der Waals surface area contributed by atoms with Crippen molar-refractivity contribution in [3.8, 4) is 0 Å². The first-order chi connectivity index (χ1) is 2.56. The molecule has 5 heteroatoms. The standard InChI is InChI=1S/C4H9.3ClH.HN.Nb/c1-4(2)3;;;;;/h1-3H3;4*1H;/q;;;;;+3/p-3. The second-order valence-electron chi connectivity index (χ2n) is 2.28. The summed E-state index contributed by atoms with van der Waals surface area (Å²) >= 11 is -0.579. The maximum absolute atomic E-state index is 7.00. The number of hydrogen-bond acceptors (Lipinski definition) is 1. The molecule has 0 aromatic carbocycles. The number of nitrogens with one attached hydrogen (secondary N) is 1. The number of rotatable bonds is 0. The van der Waals surface area contributed by atoms with E-state index in [2.05, 4.69) is 20.8 Å². The van der Waals surface area contributed by atoms with Gasteiger partial charge in [-0.1, -0.05) is 0 Å². The Labute approximate surface area is 84.6 Å². The predicted octanol–water partition coefficient (Wildman–Crippen LogP) is -6.94. The Kier molecular flexibility index (Phi) is 23.5. The van der Waals surface area contributed by atoms with Crippen molar-refractivity contribution in [3.63, 3.8) is 0 Å². The molecular weight excluding hydrogens is 261 g/mol. The van der Waals surface area contributed by atoms with Gasteiger partial charge in [0.15, 0.2) is 0 Å². The van der Waals surface area contributed by atoms with Crippen molar-refractivity contribution >= 4 is 0 Å². The fourth-order valence-corrected chi connectivity index (χ4v) is 0. The Morgan fingerprint density at radius 3 is 1.11 bits per heavy atom. The molecule has 0 atom stereocenters. The van der Waals surface area contributed by atoms with Crippen LogP contribution in [-0.4, -0.2) is 0 Å². The van der Waals surface area contributed by atoms with E-state index < -0.39 is 19.6 Å². The second kappa shape index (κ2) is 9.41. The molecule has 0 aliphatic heterocycles. The first-order valence-electron chi connectivity index (χ1n) is 1.95. The summed E-state index contributed by atoms with van der Waals surface area (Å²) in [7, 11) is 0. The molecule has 0 spiro atoms. The van der Waals surface area contributed by atoms with Gasteiger partial charge in [-0.2, -0.15) is 0 Å². The average molecular weight is 271 g/mol. The quantitative estimate of drug-likeness (QED) is 0.424. The van der Waals surface area contributed by atoms with Gasteiger partial charge in [0.2, 0.25) is 0 Å². The van der Waals surface area contributed by atoms with Gasteiger partial charge in [0.25, 0.3) is 0 Å². The Morgan fingerprint density at radius 1 is 1.00 bits per heavy atom. The van der Waals surface area contributed by atoms with Crippen molar-refractivity contribution in [1.82, 2.24) is 0 Å². The molecule has 0 aliphatic rings. The molecule has 0 aromatic heterocycles. The summed E-state index contributed by atoms with van der Waals surface area (Å²) < 4.78 is 7.36. The third-order valence-corrected chi connectivity index (χ3v) is 1.98. The zero-order valence-corrected chi connectivity index (χ0v) is 10.0. The van der Waals surface area contributed by atoms with Crippen LogP contribution in [0.15, 0.2) is 0 Å². The van der Waals surface area contributed by atoms with Crippen molar-refractivity contribution in [2.45, 2.75) is 24.4 Å². The molecule has 1 N–H and O–H groups in total. The van der Waals surface area contributed by atoms with Gasteiger partial charge in [-0.05, 0) is 0 Å². The van der Waals surface area contributed by atoms with Gasteiger partial charge >= 0.3 is 47.7 Å². The first-order valence-corrected chi connectivity index (χ1v) is 4.15. The van der Waals surface area contributed by atoms with E-state index in [0.717, 1.165) is 0 Å². The van der Waals surface area contributed by atoms with Crippen LogP contribution in [-0.2, 0) is 19.6 Å². The third-order valence-electron chi connectivity index (χ3n) is 0.335. The monoisotopic (exact) mass is 270 g/mol. The van der Waals surface area contributed by atoms with Gasteiger partial charge in [0.05, 0.1) is 0 Å². The Hall–Kier alpha value is 1.41. The van der Waals surface area contributed by atoms with Gasteiger partial charge in [0, 0.05) is 0 Å². The molecule has 0 aromatic rings. The first kappa shape index (κ1) is 22.4. The van der Waals surface area contributed by atoms with Gasteiger partial charge < -0.3 is 37.2 Å². The molecule has 0 saturated carbocycles. The molecule has 57 valence electrons. The molecule has 0 fully saturated rings. The van der Waals surface area contributed by atoms with E-state index in [1.54, 1.807) is 0 Å². The normalized spacial score (nSPS) is 7.00. The van der Waals surface area contributed by atoms with Crippen LogP contribution >= 0.6 is 0 Å². The van der Waals surface area contributed by atoms with Gasteiger partial charge in [-0.3, -0.25) is 0 Å². The van der Waals surface area contributed by atoms with E-state index in [4.69, 9.17) is 3.76 Å². The molecule has 0 amide bonds. The smallest absolute Gasteiger partial charge is 1.00 e. The predicted molar refractivity (Wildman–Crippen MR) is 22.4 cm³/mol. The van der Waals surface area contributed by atoms with E-state index in [9.17, 15) is 0 Å². The number of hydrogen-bond donors (Lipinski definition) is 1. The van der Waals surface area contributed by atoms with Gasteiger partial charge in [0.1, 0.15) is 0 Å². The minimum absolute atomic E-state index is 0. The van der Waals surface area contributed by atoms with Crippen LogP contribution in [0.2, 0.25) is 3.63 Å². The summed E-state index contributed by atoms with van der Waals surface area (Å²) in [4.78, 5) is 0. The zero-order chi connectivity index (χ0) is 5.21. The van der Waals surface area contributed by atoms with Crippen LogP contribution in [0.3, 0.4) is 0 Å². The Balaban J connectivity index is -0.0000000417. The van der Waals surface area contributed by atoms with E-state index in [0.29, 0.717) is 3.63 Å². The number of halogens is 3. The maximum atomic E-state index is 7.00. The largest absolute Gasteiger partial charge is 1.00 e. The molecule has 1 nitrogen and oxygen atoms in total. The second-order valence-corrected chi connectivity index (χ2v) is 6.13. The van der Waals surface area contributed by atoms with E-state index in [1.165, 1.54) is 0 Å². The molecular formula is C4H10Cl3NNb. The molecule has 0 unspecified atom stereocenters. The fourth-order valence-electron chi connectivity index (χ4n) is 0. The topological polar surface area (TPSA) is 23.9 Å². The van der Waals surface area contributed by atoms with Gasteiger partial charge in [-0.25, -0.2) is 0 Å². The summed E-state index contributed by atoms with van der Waals surface area (Å²) in [5, 5.41) is 0. The summed E-state index contributed by atoms with van der Waals surface area (Å²) in [6.07, 6.45) is 0. The molecule has 0 rings (SSSR count). The van der Waals surface area contributed by atoms with Crippen molar-refractivity contribution in [2.24, 2.45) is 0 Å². The van der Waals surface area contributed by atoms with Crippen molar-refractivity contribution in [2.75, 3.05) is 0 Å². The Bertz CT molecular complexity index is 61.3. The van der Waals surface area contributed by atoms with E-state index in [-0.39, 0.29) is 37.2 Å². The molecule has 0 radical (unpaired) electrons. The third kappa shape index (κ3) is 26.6. The SMILES string of the molecule is C[C](C)(C)[Nb+3]=[NH].[Cl-].[Cl-].[Cl-]. The maximum Gasteiger partial charge on any atom is -1.00 e. The molecule has 9 heavy (non-hydrogen) atoms. The summed E-state index contributed by atoms with van der Waals surface area (Å²) in [6.45, 7) is 6.37. The minimum atomic E-state index is -0.579. The summed E-state index contributed by atoms with van der Waals surface area (Å²) in [5.41, 5.74) is 0. The summed E-state index contributed by atoms with van der Waals surface area (Å²) in [5.74, 6) is 0. The Morgan fingerprint density at radius 2 is 1.11 bits per heavy atom. The van der Waals surface area contributed by atoms with Crippen LogP contribution in [0.4, 0.5) is 0 Å². The fraction of sp³-hybridized carbons (Fsp3) is 1.00. The van der Waals surface area contributed by atoms with Crippen LogP contribution in [0.1, 0.15) is 20.8 Å². The van der Waals surface area contributed by atoms with Crippen molar-refractivity contribution in [1.29, 1.82) is 3.76 Å². The molecule has 0 heterocycles. The van der Waals surface area contributed by atoms with E-state index >= 15 is 0 Å².